The van der Waals surface area contributed by atoms with Gasteiger partial charge in [0.05, 0.1) is 17.6 Å². The van der Waals surface area contributed by atoms with Gasteiger partial charge in [-0.25, -0.2) is 9.97 Å². The van der Waals surface area contributed by atoms with Crippen LogP contribution in [0, 0.1) is 11.3 Å². The van der Waals surface area contributed by atoms with E-state index in [1.165, 1.54) is 24.0 Å². The van der Waals surface area contributed by atoms with E-state index in [0.717, 1.165) is 0 Å². The molecule has 4 atom stereocenters. The van der Waals surface area contributed by atoms with Crippen LogP contribution in [-0.2, 0) is 4.74 Å². The van der Waals surface area contributed by atoms with Crippen LogP contribution in [0.3, 0.4) is 0 Å². The van der Waals surface area contributed by atoms with Crippen molar-refractivity contribution in [1.29, 1.82) is 5.26 Å². The number of hydrogen-bond donors (Lipinski definition) is 4. The molecule has 0 amide bonds. The van der Waals surface area contributed by atoms with Gasteiger partial charge in [-0.2, -0.15) is 5.26 Å². The molecule has 0 radical (unpaired) electrons. The first kappa shape index (κ1) is 14.7. The number of aromatic nitrogens is 3. The number of fused-ring (bicyclic) bond motifs is 1. The molecule has 9 nitrogen and oxygen atoms in total. The van der Waals surface area contributed by atoms with Crippen molar-refractivity contribution in [2.45, 2.75) is 31.0 Å². The Kier molecular flexibility index (Phi) is 3.26. The van der Waals surface area contributed by atoms with Crippen molar-refractivity contribution < 1.29 is 20.1 Å². The van der Waals surface area contributed by atoms with Gasteiger partial charge in [-0.15, -0.1) is 0 Å². The summed E-state index contributed by atoms with van der Waals surface area (Å²) in [5.41, 5.74) is 4.57. The third kappa shape index (κ3) is 1.93. The average Bonchev–Trinajstić information content (AvgIpc) is 2.98. The van der Waals surface area contributed by atoms with Crippen molar-refractivity contribution in [3.63, 3.8) is 0 Å². The molecule has 2 aromatic rings. The monoisotopic (exact) mass is 305 g/mol. The molecule has 5 N–H and O–H groups in total. The standard InChI is InChI=1S/C13H15N5O4/c1-13(21)7(19)4-22-9(13)12(20)18-3-6(2-14)8-10(15)16-5-17-11(8)18/h3,5,7,9,12,19-21H,4H2,1H3,(H2,15,16,17)/t7-,9+,12-,13-/m1/s1. The number of ether oxygens (including phenoxy) is 1. The molecule has 22 heavy (non-hydrogen) atoms. The molecule has 2 aromatic heterocycles. The fraction of sp³-hybridized carbons (Fsp3) is 0.462. The number of nitrogens with two attached hydrogens (primary N) is 1. The van der Waals surface area contributed by atoms with E-state index < -0.39 is 24.0 Å². The molecule has 1 saturated heterocycles. The number of aliphatic hydroxyl groups excluding tert-OH is 2. The van der Waals surface area contributed by atoms with E-state index in [1.807, 2.05) is 6.07 Å². The Morgan fingerprint density at radius 2 is 2.32 bits per heavy atom. The lowest BCUT2D eigenvalue weighted by Gasteiger charge is -2.30. The van der Waals surface area contributed by atoms with Gasteiger partial charge in [0.15, 0.2) is 6.23 Å². The van der Waals surface area contributed by atoms with Gasteiger partial charge in [0, 0.05) is 6.20 Å². The SMILES string of the molecule is C[C@@]1(O)[C@H](O)CO[C@H]1[C@@H](O)n1cc(C#N)c2c(N)ncnc21. The second kappa shape index (κ2) is 4.89. The second-order valence-electron chi connectivity index (χ2n) is 5.43. The van der Waals surface area contributed by atoms with Gasteiger partial charge in [0.2, 0.25) is 0 Å². The molecule has 0 saturated carbocycles. The normalized spacial score (nSPS) is 29.6. The first-order chi connectivity index (χ1) is 10.4. The molecule has 0 unspecified atom stereocenters. The summed E-state index contributed by atoms with van der Waals surface area (Å²) in [5, 5.41) is 40.1. The molecule has 0 aromatic carbocycles. The Bertz CT molecular complexity index is 766. The predicted molar refractivity (Wildman–Crippen MR) is 74.3 cm³/mol. The highest BCUT2D eigenvalue weighted by atomic mass is 16.5. The molecule has 0 bridgehead atoms. The summed E-state index contributed by atoms with van der Waals surface area (Å²) in [4.78, 5) is 7.86. The van der Waals surface area contributed by atoms with Crippen molar-refractivity contribution in [2.24, 2.45) is 0 Å². The van der Waals surface area contributed by atoms with Crippen molar-refractivity contribution >= 4 is 16.9 Å². The molecule has 0 spiro atoms. The molecular weight excluding hydrogens is 290 g/mol. The van der Waals surface area contributed by atoms with Crippen LogP contribution in [0.2, 0.25) is 0 Å². The van der Waals surface area contributed by atoms with Gasteiger partial charge in [-0.05, 0) is 6.92 Å². The summed E-state index contributed by atoms with van der Waals surface area (Å²) in [7, 11) is 0. The lowest BCUT2D eigenvalue weighted by molar-refractivity contribution is -0.128. The fourth-order valence-corrected chi connectivity index (χ4v) is 2.65. The van der Waals surface area contributed by atoms with Crippen LogP contribution in [0.15, 0.2) is 12.5 Å². The molecular formula is C13H15N5O4. The van der Waals surface area contributed by atoms with Gasteiger partial charge in [-0.1, -0.05) is 0 Å². The minimum atomic E-state index is -1.64. The maximum absolute atomic E-state index is 10.5. The van der Waals surface area contributed by atoms with Crippen LogP contribution < -0.4 is 5.73 Å². The van der Waals surface area contributed by atoms with Crippen molar-refractivity contribution in [3.8, 4) is 6.07 Å². The Morgan fingerprint density at radius 1 is 1.59 bits per heavy atom. The predicted octanol–water partition coefficient (Wildman–Crippen LogP) is -1.11. The molecule has 0 aliphatic carbocycles. The molecule has 1 aliphatic heterocycles. The van der Waals surface area contributed by atoms with Gasteiger partial charge < -0.3 is 30.4 Å². The minimum Gasteiger partial charge on any atom is -0.388 e. The van der Waals surface area contributed by atoms with E-state index in [2.05, 4.69) is 9.97 Å². The molecule has 9 heteroatoms. The molecule has 1 fully saturated rings. The second-order valence-corrected chi connectivity index (χ2v) is 5.43. The van der Waals surface area contributed by atoms with Gasteiger partial charge >= 0.3 is 0 Å². The Labute approximate surface area is 125 Å². The topological polar surface area (TPSA) is 150 Å². The number of nitriles is 1. The molecule has 3 rings (SSSR count). The third-order valence-electron chi connectivity index (χ3n) is 4.00. The van der Waals surface area contributed by atoms with E-state index in [0.29, 0.717) is 5.39 Å². The van der Waals surface area contributed by atoms with Crippen LogP contribution in [-0.4, -0.2) is 54.3 Å². The van der Waals surface area contributed by atoms with Crippen LogP contribution in [0.25, 0.3) is 11.0 Å². The van der Waals surface area contributed by atoms with Gasteiger partial charge in [0.25, 0.3) is 0 Å². The molecule has 1 aliphatic rings. The number of rotatable bonds is 2. The number of nitrogen functional groups attached to an aromatic ring is 1. The maximum atomic E-state index is 10.5. The van der Waals surface area contributed by atoms with Crippen molar-refractivity contribution in [3.05, 3.63) is 18.1 Å². The fourth-order valence-electron chi connectivity index (χ4n) is 2.65. The Balaban J connectivity index is 2.12. The Hall–Kier alpha value is -2.25. The highest BCUT2D eigenvalue weighted by Gasteiger charge is 2.50. The van der Waals surface area contributed by atoms with Crippen LogP contribution in [0.5, 0.6) is 0 Å². The van der Waals surface area contributed by atoms with E-state index in [9.17, 15) is 20.6 Å². The zero-order chi connectivity index (χ0) is 16.1. The highest BCUT2D eigenvalue weighted by molar-refractivity contribution is 5.91. The first-order valence-electron chi connectivity index (χ1n) is 6.59. The van der Waals surface area contributed by atoms with Crippen LogP contribution in [0.4, 0.5) is 5.82 Å². The van der Waals surface area contributed by atoms with Gasteiger partial charge in [-0.3, -0.25) is 0 Å². The molecule has 3 heterocycles. The number of hydrogen-bond acceptors (Lipinski definition) is 8. The summed E-state index contributed by atoms with van der Waals surface area (Å²) in [6.45, 7) is 1.27. The number of aliphatic hydroxyl groups is 3. The minimum absolute atomic E-state index is 0.101. The number of nitrogens with zero attached hydrogens (tertiary/aromatic N) is 4. The van der Waals surface area contributed by atoms with Crippen molar-refractivity contribution in [1.82, 2.24) is 14.5 Å². The lowest BCUT2D eigenvalue weighted by Crippen LogP contribution is -2.47. The lowest BCUT2D eigenvalue weighted by atomic mass is 9.94. The van der Waals surface area contributed by atoms with E-state index in [1.54, 1.807) is 0 Å². The summed E-state index contributed by atoms with van der Waals surface area (Å²) in [5.74, 6) is 0.117. The third-order valence-corrected chi connectivity index (χ3v) is 4.00. The van der Waals surface area contributed by atoms with E-state index >= 15 is 0 Å². The largest absolute Gasteiger partial charge is 0.388 e. The quantitative estimate of drug-likeness (QED) is 0.545. The van der Waals surface area contributed by atoms with Crippen molar-refractivity contribution in [2.75, 3.05) is 12.3 Å². The molecule has 116 valence electrons. The maximum Gasteiger partial charge on any atom is 0.161 e. The summed E-state index contributed by atoms with van der Waals surface area (Å²) < 4.78 is 6.57. The zero-order valence-electron chi connectivity index (χ0n) is 11.7. The van der Waals surface area contributed by atoms with E-state index in [4.69, 9.17) is 10.5 Å². The summed E-state index contributed by atoms with van der Waals surface area (Å²) in [6.07, 6.45) is -0.981. The zero-order valence-corrected chi connectivity index (χ0v) is 11.7. The van der Waals surface area contributed by atoms with E-state index in [-0.39, 0.29) is 23.6 Å². The number of anilines is 1. The Morgan fingerprint density at radius 3 is 2.91 bits per heavy atom. The summed E-state index contributed by atoms with van der Waals surface area (Å²) >= 11 is 0. The summed E-state index contributed by atoms with van der Waals surface area (Å²) in [6, 6.07) is 1.96. The highest BCUT2D eigenvalue weighted by Crippen LogP contribution is 2.35. The first-order valence-corrected chi connectivity index (χ1v) is 6.59. The smallest absolute Gasteiger partial charge is 0.161 e. The van der Waals surface area contributed by atoms with Gasteiger partial charge in [0.1, 0.15) is 41.7 Å². The van der Waals surface area contributed by atoms with Crippen LogP contribution in [0.1, 0.15) is 18.7 Å². The average molecular weight is 305 g/mol. The van der Waals surface area contributed by atoms with Crippen LogP contribution >= 0.6 is 0 Å².